The van der Waals surface area contributed by atoms with Gasteiger partial charge in [-0.25, -0.2) is 9.55 Å². The molecule has 1 aliphatic heterocycles. The van der Waals surface area contributed by atoms with Crippen molar-refractivity contribution >= 4 is 30.8 Å². The van der Waals surface area contributed by atoms with Crippen LogP contribution < -0.4 is 20.1 Å². The number of para-hydroxylation sites is 1. The molecule has 0 amide bonds. The van der Waals surface area contributed by atoms with Crippen LogP contribution >= 0.6 is 7.75 Å². The van der Waals surface area contributed by atoms with Gasteiger partial charge >= 0.3 is 13.7 Å². The summed E-state index contributed by atoms with van der Waals surface area (Å²) >= 11 is 0. The Balaban J connectivity index is 1.55. The number of anilines is 1. The van der Waals surface area contributed by atoms with E-state index in [-0.39, 0.29) is 28.7 Å². The molecule has 1 aliphatic rings. The summed E-state index contributed by atoms with van der Waals surface area (Å²) in [5.74, 6) is -1.48. The second-order valence-corrected chi connectivity index (χ2v) is 11.2. The van der Waals surface area contributed by atoms with Gasteiger partial charge in [0.05, 0.1) is 38.4 Å². The first-order valence-electron chi connectivity index (χ1n) is 13.0. The molecule has 3 aromatic rings. The number of carbonyl (C=O) groups excluding carboxylic acids is 1. The van der Waals surface area contributed by atoms with Crippen LogP contribution in [0.3, 0.4) is 0 Å². The lowest BCUT2D eigenvalue weighted by molar-refractivity contribution is -0.149. The van der Waals surface area contributed by atoms with Crippen LogP contribution in [-0.2, 0) is 23.4 Å². The summed E-state index contributed by atoms with van der Waals surface area (Å²) in [7, 11) is -4.25. The Morgan fingerprint density at radius 3 is 2.66 bits per heavy atom. The number of fused-ring (bicyclic) bond motifs is 1. The highest BCUT2D eigenvalue weighted by molar-refractivity contribution is 7.52. The van der Waals surface area contributed by atoms with E-state index >= 15 is 0 Å². The normalized spacial score (nSPS) is 22.9. The van der Waals surface area contributed by atoms with Gasteiger partial charge in [-0.3, -0.25) is 18.3 Å². The summed E-state index contributed by atoms with van der Waals surface area (Å²) in [6, 6.07) is 7.11. The summed E-state index contributed by atoms with van der Waals surface area (Å²) in [6.45, 7) is 5.44. The zero-order valence-corrected chi connectivity index (χ0v) is 23.9. The Kier molecular flexibility index (Phi) is 9.76. The molecule has 0 unspecified atom stereocenters. The molecule has 1 aromatic carbocycles. The molecule has 0 spiro atoms. The minimum Gasteiger partial charge on any atom is -0.476 e. The van der Waals surface area contributed by atoms with Crippen molar-refractivity contribution in [1.82, 2.24) is 24.6 Å². The van der Waals surface area contributed by atoms with Crippen LogP contribution in [-0.4, -0.2) is 74.8 Å². The van der Waals surface area contributed by atoms with Gasteiger partial charge in [0, 0.05) is 5.92 Å². The summed E-state index contributed by atoms with van der Waals surface area (Å²) in [5, 5.41) is 13.6. The molecule has 6 atom stereocenters. The number of esters is 1. The summed E-state index contributed by atoms with van der Waals surface area (Å²) in [5.41, 5.74) is 6.32. The number of hydrogen-bond acceptors (Lipinski definition) is 12. The maximum absolute atomic E-state index is 14.2. The number of aliphatic hydroxyl groups is 1. The number of aliphatic hydroxyl groups excluding tert-OH is 1. The monoisotopic (exact) mass is 596 g/mol. The average molecular weight is 597 g/mol. The minimum absolute atomic E-state index is 0.0905. The first-order valence-corrected chi connectivity index (χ1v) is 14.6. The number of halogens is 1. The number of nitrogen functional groups attached to an aromatic ring is 1. The van der Waals surface area contributed by atoms with Crippen molar-refractivity contribution in [3.8, 4) is 11.6 Å². The Morgan fingerprint density at radius 2 is 2.00 bits per heavy atom. The van der Waals surface area contributed by atoms with Gasteiger partial charge < -0.3 is 29.6 Å². The van der Waals surface area contributed by atoms with E-state index in [9.17, 15) is 18.9 Å². The molecule has 0 aliphatic carbocycles. The molecule has 1 saturated heterocycles. The quantitative estimate of drug-likeness (QED) is 0.194. The number of nitrogens with one attached hydrogen (secondary N) is 1. The van der Waals surface area contributed by atoms with Crippen LogP contribution in [0.4, 0.5) is 10.3 Å². The molecule has 2 aromatic heterocycles. The van der Waals surface area contributed by atoms with Gasteiger partial charge in [-0.2, -0.15) is 15.1 Å². The second kappa shape index (κ2) is 13.1. The highest BCUT2D eigenvalue weighted by Crippen LogP contribution is 2.47. The van der Waals surface area contributed by atoms with Crippen molar-refractivity contribution in [3.05, 3.63) is 36.7 Å². The molecule has 4 rings (SSSR count). The topological polar surface area (TPSA) is 182 Å². The number of alkyl halides is 1. The van der Waals surface area contributed by atoms with Gasteiger partial charge in [0.2, 0.25) is 11.8 Å². The van der Waals surface area contributed by atoms with E-state index in [1.807, 2.05) is 0 Å². The second-order valence-electron chi connectivity index (χ2n) is 9.55. The lowest BCUT2D eigenvalue weighted by atomic mass is 10.00. The smallest absolute Gasteiger partial charge is 0.459 e. The van der Waals surface area contributed by atoms with Crippen LogP contribution in [0.2, 0.25) is 0 Å². The van der Waals surface area contributed by atoms with Crippen LogP contribution in [0, 0.1) is 5.92 Å². The maximum Gasteiger partial charge on any atom is 0.459 e. The Morgan fingerprint density at radius 1 is 1.27 bits per heavy atom. The van der Waals surface area contributed by atoms with E-state index in [0.717, 1.165) is 0 Å². The molecule has 0 saturated carbocycles. The van der Waals surface area contributed by atoms with Crippen molar-refractivity contribution < 1.29 is 42.1 Å². The maximum atomic E-state index is 14.2. The number of imidazole rings is 1. The molecular weight excluding hydrogens is 562 g/mol. The van der Waals surface area contributed by atoms with Crippen LogP contribution in [0.15, 0.2) is 36.7 Å². The molecule has 14 nitrogen and oxygen atoms in total. The zero-order chi connectivity index (χ0) is 29.7. The van der Waals surface area contributed by atoms with Crippen molar-refractivity contribution in [2.45, 2.75) is 58.3 Å². The largest absolute Gasteiger partial charge is 0.476 e. The molecule has 0 bridgehead atoms. The lowest BCUT2D eigenvalue weighted by Crippen LogP contribution is -2.37. The van der Waals surface area contributed by atoms with E-state index < -0.39 is 63.5 Å². The third-order valence-corrected chi connectivity index (χ3v) is 7.74. The Hall–Kier alpha value is -3.36. The van der Waals surface area contributed by atoms with Gasteiger partial charge in [-0.05, 0) is 39.8 Å². The number of aromatic nitrogens is 4. The lowest BCUT2D eigenvalue weighted by Gasteiger charge is -2.25. The number of rotatable bonds is 13. The average Bonchev–Trinajstić information content (AvgIpc) is 3.47. The van der Waals surface area contributed by atoms with Gasteiger partial charge in [-0.15, -0.1) is 0 Å². The predicted molar refractivity (Wildman–Crippen MR) is 145 cm³/mol. The van der Waals surface area contributed by atoms with E-state index in [1.54, 1.807) is 51.1 Å². The Labute approximate surface area is 235 Å². The van der Waals surface area contributed by atoms with Crippen LogP contribution in [0.1, 0.15) is 33.9 Å². The molecular formula is C25H34FN6O8P. The first-order chi connectivity index (χ1) is 19.5. The number of nitrogens with two attached hydrogens (primary N) is 1. The molecule has 1 fully saturated rings. The van der Waals surface area contributed by atoms with E-state index in [2.05, 4.69) is 20.0 Å². The van der Waals surface area contributed by atoms with Gasteiger partial charge in [0.25, 0.3) is 0 Å². The zero-order valence-electron chi connectivity index (χ0n) is 23.0. The summed E-state index contributed by atoms with van der Waals surface area (Å²) in [6.07, 6.45) is -2.63. The van der Waals surface area contributed by atoms with Gasteiger partial charge in [0.15, 0.2) is 17.4 Å². The van der Waals surface area contributed by atoms with Crippen LogP contribution in [0.5, 0.6) is 11.6 Å². The van der Waals surface area contributed by atoms with Gasteiger partial charge in [0.1, 0.15) is 17.9 Å². The SMILES string of the molecule is CCOc1nc(N)nc2c1ncn2[C@@H]1O[C@H](CO[P@](=O)(N[C@H](C)C(=O)OC(C)C)Oc2ccccc2)[C@@H](CF)[C@H]1O. The Bertz CT molecular complexity index is 1380. The minimum atomic E-state index is -4.25. The summed E-state index contributed by atoms with van der Waals surface area (Å²) in [4.78, 5) is 24.9. The summed E-state index contributed by atoms with van der Waals surface area (Å²) < 4.78 is 57.3. The first kappa shape index (κ1) is 30.6. The van der Waals surface area contributed by atoms with Crippen molar-refractivity contribution in [3.63, 3.8) is 0 Å². The van der Waals surface area contributed by atoms with E-state index in [4.69, 9.17) is 29.0 Å². The van der Waals surface area contributed by atoms with Gasteiger partial charge in [-0.1, -0.05) is 18.2 Å². The molecule has 16 heteroatoms. The number of ether oxygens (including phenoxy) is 3. The standard InChI is InChI=1S/C25H34FN6O8P/c1-5-36-22-19-21(29-25(27)30-22)32(13-28-19)23-20(33)17(11-26)18(39-23)12-37-41(35,40-16-9-7-6-8-10-16)31-15(4)24(34)38-14(2)3/h6-10,13-15,17-18,20,23,33H,5,11-12H2,1-4H3,(H,31,35)(H2,27,29,30)/t15-,17-,18-,20-,23-,41-/m1/s1. The fourth-order valence-corrected chi connectivity index (χ4v) is 5.71. The number of nitrogens with zero attached hydrogens (tertiary/aromatic N) is 4. The molecule has 41 heavy (non-hydrogen) atoms. The number of benzene rings is 1. The van der Waals surface area contributed by atoms with Crippen LogP contribution in [0.25, 0.3) is 11.2 Å². The third kappa shape index (κ3) is 7.11. The highest BCUT2D eigenvalue weighted by atomic mass is 31.2. The number of hydrogen-bond donors (Lipinski definition) is 3. The predicted octanol–water partition coefficient (Wildman–Crippen LogP) is 2.78. The van der Waals surface area contributed by atoms with Crippen molar-refractivity contribution in [2.75, 3.05) is 25.6 Å². The van der Waals surface area contributed by atoms with Crippen molar-refractivity contribution in [1.29, 1.82) is 0 Å². The van der Waals surface area contributed by atoms with E-state index in [1.165, 1.54) is 17.8 Å². The molecule has 3 heterocycles. The van der Waals surface area contributed by atoms with E-state index in [0.29, 0.717) is 6.61 Å². The van der Waals surface area contributed by atoms with Crippen molar-refractivity contribution in [2.24, 2.45) is 5.92 Å². The highest BCUT2D eigenvalue weighted by Gasteiger charge is 2.47. The molecule has 0 radical (unpaired) electrons. The number of carbonyl (C=O) groups is 1. The third-order valence-electron chi connectivity index (χ3n) is 6.10. The molecule has 224 valence electrons. The fraction of sp³-hybridized carbons (Fsp3) is 0.520. The fourth-order valence-electron chi connectivity index (χ4n) is 4.21. The molecule has 4 N–H and O–H groups in total.